The molecule has 3 aromatic rings. The number of hydrazine groups is 1. The molecule has 2 aromatic carbocycles. The predicted octanol–water partition coefficient (Wildman–Crippen LogP) is 3.28. The van der Waals surface area contributed by atoms with Crippen molar-refractivity contribution in [1.29, 1.82) is 0 Å². The molecule has 7 heteroatoms. The van der Waals surface area contributed by atoms with Gasteiger partial charge in [-0.25, -0.2) is 4.68 Å². The fourth-order valence-corrected chi connectivity index (χ4v) is 2.95. The third kappa shape index (κ3) is 4.35. The highest BCUT2D eigenvalue weighted by Gasteiger charge is 2.21. The average Bonchev–Trinajstić information content (AvgIpc) is 2.94. The number of amides is 2. The van der Waals surface area contributed by atoms with Crippen LogP contribution in [0.15, 0.2) is 54.6 Å². The van der Waals surface area contributed by atoms with Crippen LogP contribution in [0.2, 0.25) is 5.15 Å². The molecule has 0 fully saturated rings. The monoisotopic (exact) mass is 382 g/mol. The van der Waals surface area contributed by atoms with Crippen LogP contribution in [0.25, 0.3) is 0 Å². The number of carbonyl (C=O) groups is 2. The van der Waals surface area contributed by atoms with Crippen LogP contribution in [-0.2, 0) is 6.54 Å². The molecular weight excluding hydrogens is 364 g/mol. The highest BCUT2D eigenvalue weighted by molar-refractivity contribution is 6.33. The Morgan fingerprint density at radius 2 is 1.59 bits per heavy atom. The summed E-state index contributed by atoms with van der Waals surface area (Å²) in [5.74, 6) is -0.925. The van der Waals surface area contributed by atoms with Gasteiger partial charge in [0.25, 0.3) is 11.8 Å². The number of hydrogen-bond acceptors (Lipinski definition) is 3. The summed E-state index contributed by atoms with van der Waals surface area (Å²) in [7, 11) is 0. The molecule has 0 aliphatic carbocycles. The number of hydrogen-bond donors (Lipinski definition) is 2. The summed E-state index contributed by atoms with van der Waals surface area (Å²) in [6, 6.07) is 16.7. The number of aromatic nitrogens is 2. The largest absolute Gasteiger partial charge is 0.274 e. The fraction of sp³-hybridized carbons (Fsp3) is 0.150. The second-order valence-electron chi connectivity index (χ2n) is 6.17. The van der Waals surface area contributed by atoms with Gasteiger partial charge < -0.3 is 0 Å². The second-order valence-corrected chi connectivity index (χ2v) is 6.53. The van der Waals surface area contributed by atoms with Crippen LogP contribution in [-0.4, -0.2) is 21.6 Å². The Hall–Kier alpha value is -3.12. The molecule has 1 aromatic heterocycles. The highest BCUT2D eigenvalue weighted by atomic mass is 35.5. The van der Waals surface area contributed by atoms with Gasteiger partial charge in [-0.2, -0.15) is 5.10 Å². The summed E-state index contributed by atoms with van der Waals surface area (Å²) in [5, 5.41) is 4.55. The van der Waals surface area contributed by atoms with Crippen LogP contribution >= 0.6 is 11.6 Å². The van der Waals surface area contributed by atoms with Crippen LogP contribution in [0.4, 0.5) is 0 Å². The summed E-state index contributed by atoms with van der Waals surface area (Å²) < 4.78 is 1.56. The van der Waals surface area contributed by atoms with E-state index in [4.69, 9.17) is 11.6 Å². The van der Waals surface area contributed by atoms with Gasteiger partial charge in [0.2, 0.25) is 0 Å². The van der Waals surface area contributed by atoms with Gasteiger partial charge in [-0.05, 0) is 31.5 Å². The average molecular weight is 383 g/mol. The maximum Gasteiger partial charge on any atom is 0.274 e. The van der Waals surface area contributed by atoms with Gasteiger partial charge in [0.15, 0.2) is 0 Å². The molecule has 0 aliphatic heterocycles. The van der Waals surface area contributed by atoms with Crippen LogP contribution < -0.4 is 10.9 Å². The lowest BCUT2D eigenvalue weighted by Gasteiger charge is -2.08. The smallest absolute Gasteiger partial charge is 0.267 e. The van der Waals surface area contributed by atoms with Crippen molar-refractivity contribution in [3.63, 3.8) is 0 Å². The van der Waals surface area contributed by atoms with Gasteiger partial charge >= 0.3 is 0 Å². The van der Waals surface area contributed by atoms with Gasteiger partial charge in [0.1, 0.15) is 10.7 Å². The van der Waals surface area contributed by atoms with Crippen LogP contribution in [0.5, 0.6) is 0 Å². The van der Waals surface area contributed by atoms with Crippen LogP contribution in [0.1, 0.15) is 37.5 Å². The number of nitrogens with one attached hydrogen (secondary N) is 2. The minimum absolute atomic E-state index is 0.221. The van der Waals surface area contributed by atoms with Crippen LogP contribution in [0, 0.1) is 13.8 Å². The molecule has 3 rings (SSSR count). The summed E-state index contributed by atoms with van der Waals surface area (Å²) >= 11 is 6.35. The molecular formula is C20H19ClN4O2. The highest BCUT2D eigenvalue weighted by Crippen LogP contribution is 2.20. The molecule has 0 aliphatic rings. The first-order valence-electron chi connectivity index (χ1n) is 8.40. The zero-order valence-corrected chi connectivity index (χ0v) is 15.7. The molecule has 0 saturated heterocycles. The van der Waals surface area contributed by atoms with E-state index in [2.05, 4.69) is 16.0 Å². The Bertz CT molecular complexity index is 966. The standard InChI is InChI=1S/C20H19ClN4O2/c1-13-8-10-16(11-9-13)19(26)22-23-20(27)17-14(2)24-25(18(17)21)12-15-6-4-3-5-7-15/h3-11H,12H2,1-2H3,(H,22,26)(H,23,27). The number of rotatable bonds is 4. The maximum atomic E-state index is 12.5. The van der Waals surface area contributed by atoms with Crippen molar-refractivity contribution < 1.29 is 9.59 Å². The third-order valence-electron chi connectivity index (χ3n) is 4.07. The van der Waals surface area contributed by atoms with E-state index in [0.717, 1.165) is 11.1 Å². The van der Waals surface area contributed by atoms with Gasteiger partial charge in [-0.3, -0.25) is 20.4 Å². The second kappa shape index (κ2) is 8.05. The summed E-state index contributed by atoms with van der Waals surface area (Å²) in [6.07, 6.45) is 0. The van der Waals surface area contributed by atoms with Crippen molar-refractivity contribution in [2.75, 3.05) is 0 Å². The van der Waals surface area contributed by atoms with Gasteiger partial charge in [0, 0.05) is 5.56 Å². The zero-order chi connectivity index (χ0) is 19.4. The van der Waals surface area contributed by atoms with Crippen molar-refractivity contribution in [3.8, 4) is 0 Å². The Balaban J connectivity index is 1.69. The SMILES string of the molecule is Cc1ccc(C(=O)NNC(=O)c2c(C)nn(Cc3ccccc3)c2Cl)cc1. The molecule has 0 saturated carbocycles. The zero-order valence-electron chi connectivity index (χ0n) is 15.0. The Morgan fingerprint density at radius 1 is 0.963 bits per heavy atom. The molecule has 0 radical (unpaired) electrons. The van der Waals surface area contributed by atoms with Crippen molar-refractivity contribution in [2.45, 2.75) is 20.4 Å². The molecule has 0 unspecified atom stereocenters. The molecule has 0 bridgehead atoms. The van der Waals surface area contributed by atoms with Crippen molar-refractivity contribution in [3.05, 3.63) is 87.7 Å². The first-order chi connectivity index (χ1) is 13.0. The maximum absolute atomic E-state index is 12.5. The van der Waals surface area contributed by atoms with E-state index in [1.54, 1.807) is 23.7 Å². The van der Waals surface area contributed by atoms with E-state index in [1.807, 2.05) is 49.4 Å². The van der Waals surface area contributed by atoms with Gasteiger partial charge in [-0.1, -0.05) is 59.6 Å². The normalized spacial score (nSPS) is 10.5. The lowest BCUT2D eigenvalue weighted by Crippen LogP contribution is -2.41. The number of nitrogens with zero attached hydrogens (tertiary/aromatic N) is 2. The molecule has 0 atom stereocenters. The lowest BCUT2D eigenvalue weighted by molar-refractivity contribution is 0.0846. The first kappa shape index (κ1) is 18.7. The van der Waals surface area contributed by atoms with E-state index in [9.17, 15) is 9.59 Å². The fourth-order valence-electron chi connectivity index (χ4n) is 2.63. The number of benzene rings is 2. The van der Waals surface area contributed by atoms with Crippen molar-refractivity contribution in [2.24, 2.45) is 0 Å². The molecule has 1 heterocycles. The van der Waals surface area contributed by atoms with Gasteiger partial charge in [-0.15, -0.1) is 0 Å². The van der Waals surface area contributed by atoms with Crippen molar-refractivity contribution in [1.82, 2.24) is 20.6 Å². The van der Waals surface area contributed by atoms with Gasteiger partial charge in [0.05, 0.1) is 12.2 Å². The number of carbonyl (C=O) groups excluding carboxylic acids is 2. The Morgan fingerprint density at radius 3 is 2.26 bits per heavy atom. The van der Waals surface area contributed by atoms with Crippen molar-refractivity contribution >= 4 is 23.4 Å². The minimum Gasteiger partial charge on any atom is -0.267 e. The van der Waals surface area contributed by atoms with E-state index < -0.39 is 11.8 Å². The van der Waals surface area contributed by atoms with E-state index in [-0.39, 0.29) is 10.7 Å². The Labute approximate surface area is 162 Å². The number of halogens is 1. The topological polar surface area (TPSA) is 76.0 Å². The summed E-state index contributed by atoms with van der Waals surface area (Å²) in [5.41, 5.74) is 8.02. The third-order valence-corrected chi connectivity index (χ3v) is 4.46. The molecule has 2 amide bonds. The molecule has 2 N–H and O–H groups in total. The first-order valence-corrected chi connectivity index (χ1v) is 8.77. The summed E-state index contributed by atoms with van der Waals surface area (Å²) in [4.78, 5) is 24.6. The predicted molar refractivity (Wildman–Crippen MR) is 104 cm³/mol. The molecule has 0 spiro atoms. The van der Waals surface area contributed by atoms with E-state index in [0.29, 0.717) is 17.8 Å². The number of aryl methyl sites for hydroxylation is 2. The molecule has 6 nitrogen and oxygen atoms in total. The lowest BCUT2D eigenvalue weighted by atomic mass is 10.1. The Kier molecular flexibility index (Phi) is 5.57. The van der Waals surface area contributed by atoms with E-state index in [1.165, 1.54) is 0 Å². The quantitative estimate of drug-likeness (QED) is 0.680. The van der Waals surface area contributed by atoms with Crippen LogP contribution in [0.3, 0.4) is 0 Å². The minimum atomic E-state index is -0.516. The van der Waals surface area contributed by atoms with E-state index >= 15 is 0 Å². The molecule has 27 heavy (non-hydrogen) atoms. The summed E-state index contributed by atoms with van der Waals surface area (Å²) in [6.45, 7) is 4.08. The molecule has 138 valence electrons.